The molecule has 4 heteroatoms. The van der Waals surface area contributed by atoms with Gasteiger partial charge in [0.2, 0.25) is 0 Å². The lowest BCUT2D eigenvalue weighted by Crippen LogP contribution is -2.27. The lowest BCUT2D eigenvalue weighted by atomic mass is 10.1. The summed E-state index contributed by atoms with van der Waals surface area (Å²) in [7, 11) is 0. The molecule has 0 aromatic heterocycles. The first kappa shape index (κ1) is 12.0. The second-order valence-electron chi connectivity index (χ2n) is 4.16. The molecule has 2 rings (SSSR count). The van der Waals surface area contributed by atoms with Crippen LogP contribution in [0, 0.1) is 5.92 Å². The highest BCUT2D eigenvalue weighted by atomic mass is 35.5. The molecule has 16 heavy (non-hydrogen) atoms. The van der Waals surface area contributed by atoms with Crippen molar-refractivity contribution in [3.05, 3.63) is 28.2 Å². The summed E-state index contributed by atoms with van der Waals surface area (Å²) in [6.07, 6.45) is 3.58. The Kier molecular flexibility index (Phi) is 3.95. The van der Waals surface area contributed by atoms with Crippen LogP contribution in [0.4, 0.5) is 0 Å². The standard InChI is InChI=1S/C12H15Cl2NO/c13-9-4-5-12(10(14)6-9)16-11-3-1-2-8(11)7-15/h4-6,8,11H,1-3,7,15H2. The molecular weight excluding hydrogens is 245 g/mol. The SMILES string of the molecule is NCC1CCCC1Oc1ccc(Cl)cc1Cl. The topological polar surface area (TPSA) is 35.2 Å². The van der Waals surface area contributed by atoms with Gasteiger partial charge in [-0.05, 0) is 44.0 Å². The maximum Gasteiger partial charge on any atom is 0.138 e. The molecule has 1 aliphatic rings. The van der Waals surface area contributed by atoms with Crippen LogP contribution < -0.4 is 10.5 Å². The summed E-state index contributed by atoms with van der Waals surface area (Å²) >= 11 is 11.9. The fourth-order valence-electron chi connectivity index (χ4n) is 2.16. The Morgan fingerprint density at radius 3 is 2.81 bits per heavy atom. The van der Waals surface area contributed by atoms with Gasteiger partial charge in [0.1, 0.15) is 11.9 Å². The van der Waals surface area contributed by atoms with E-state index in [1.54, 1.807) is 12.1 Å². The van der Waals surface area contributed by atoms with Crippen molar-refractivity contribution in [1.82, 2.24) is 0 Å². The van der Waals surface area contributed by atoms with Gasteiger partial charge in [-0.1, -0.05) is 23.2 Å². The monoisotopic (exact) mass is 259 g/mol. The Labute approximate surface area is 106 Å². The van der Waals surface area contributed by atoms with E-state index in [2.05, 4.69) is 0 Å². The van der Waals surface area contributed by atoms with Crippen molar-refractivity contribution < 1.29 is 4.74 Å². The van der Waals surface area contributed by atoms with E-state index in [0.717, 1.165) is 12.8 Å². The minimum absolute atomic E-state index is 0.198. The van der Waals surface area contributed by atoms with Gasteiger partial charge >= 0.3 is 0 Å². The van der Waals surface area contributed by atoms with Crippen LogP contribution in [0.5, 0.6) is 5.75 Å². The van der Waals surface area contributed by atoms with E-state index in [1.165, 1.54) is 6.42 Å². The summed E-state index contributed by atoms with van der Waals surface area (Å²) in [4.78, 5) is 0. The van der Waals surface area contributed by atoms with E-state index < -0.39 is 0 Å². The number of nitrogens with two attached hydrogens (primary N) is 1. The summed E-state index contributed by atoms with van der Waals surface area (Å²) in [5, 5.41) is 1.19. The smallest absolute Gasteiger partial charge is 0.138 e. The summed E-state index contributed by atoms with van der Waals surface area (Å²) in [5.41, 5.74) is 5.71. The molecule has 2 N–H and O–H groups in total. The van der Waals surface area contributed by atoms with Crippen molar-refractivity contribution in [3.63, 3.8) is 0 Å². The molecule has 2 unspecified atom stereocenters. The van der Waals surface area contributed by atoms with Gasteiger partial charge in [-0.2, -0.15) is 0 Å². The highest BCUT2D eigenvalue weighted by molar-refractivity contribution is 6.35. The van der Waals surface area contributed by atoms with Gasteiger partial charge in [-0.15, -0.1) is 0 Å². The van der Waals surface area contributed by atoms with E-state index in [9.17, 15) is 0 Å². The molecule has 0 heterocycles. The van der Waals surface area contributed by atoms with Gasteiger partial charge in [-0.3, -0.25) is 0 Å². The zero-order valence-corrected chi connectivity index (χ0v) is 10.5. The average molecular weight is 260 g/mol. The fraction of sp³-hybridized carbons (Fsp3) is 0.500. The molecule has 1 aliphatic carbocycles. The van der Waals surface area contributed by atoms with Gasteiger partial charge in [0.25, 0.3) is 0 Å². The minimum Gasteiger partial charge on any atom is -0.489 e. The van der Waals surface area contributed by atoms with Gasteiger partial charge < -0.3 is 10.5 Å². The third-order valence-electron chi connectivity index (χ3n) is 3.06. The molecule has 0 saturated heterocycles. The summed E-state index contributed by atoms with van der Waals surface area (Å²) in [6.45, 7) is 0.676. The third kappa shape index (κ3) is 2.62. The Balaban J connectivity index is 2.08. The normalized spacial score (nSPS) is 24.7. The van der Waals surface area contributed by atoms with Crippen molar-refractivity contribution in [1.29, 1.82) is 0 Å². The van der Waals surface area contributed by atoms with Gasteiger partial charge in [0.15, 0.2) is 0 Å². The first-order valence-corrected chi connectivity index (χ1v) is 6.28. The molecule has 0 spiro atoms. The predicted octanol–water partition coefficient (Wildman–Crippen LogP) is 3.50. The highest BCUT2D eigenvalue weighted by Crippen LogP contribution is 2.33. The third-order valence-corrected chi connectivity index (χ3v) is 3.59. The maximum atomic E-state index is 6.06. The zero-order chi connectivity index (χ0) is 11.5. The molecule has 0 radical (unpaired) electrons. The Bertz CT molecular complexity index is 370. The van der Waals surface area contributed by atoms with Crippen LogP contribution >= 0.6 is 23.2 Å². The molecule has 88 valence electrons. The van der Waals surface area contributed by atoms with Crippen molar-refractivity contribution in [2.45, 2.75) is 25.4 Å². The number of rotatable bonds is 3. The van der Waals surface area contributed by atoms with E-state index in [-0.39, 0.29) is 6.10 Å². The van der Waals surface area contributed by atoms with Crippen molar-refractivity contribution >= 4 is 23.2 Å². The first-order chi connectivity index (χ1) is 7.70. The second-order valence-corrected chi connectivity index (χ2v) is 5.00. The molecule has 2 atom stereocenters. The number of ether oxygens (including phenoxy) is 1. The van der Waals surface area contributed by atoms with E-state index >= 15 is 0 Å². The molecule has 1 saturated carbocycles. The van der Waals surface area contributed by atoms with Crippen molar-refractivity contribution in [2.24, 2.45) is 11.7 Å². The quantitative estimate of drug-likeness (QED) is 0.902. The number of hydrogen-bond acceptors (Lipinski definition) is 2. The van der Waals surface area contributed by atoms with Crippen molar-refractivity contribution in [2.75, 3.05) is 6.54 Å². The van der Waals surface area contributed by atoms with Gasteiger partial charge in [0.05, 0.1) is 5.02 Å². The van der Waals surface area contributed by atoms with Gasteiger partial charge in [-0.25, -0.2) is 0 Å². The van der Waals surface area contributed by atoms with Crippen LogP contribution in [-0.2, 0) is 0 Å². The molecule has 0 aliphatic heterocycles. The van der Waals surface area contributed by atoms with Gasteiger partial charge in [0, 0.05) is 10.9 Å². The summed E-state index contributed by atoms with van der Waals surface area (Å²) in [6, 6.07) is 5.30. The molecular formula is C12H15Cl2NO. The summed E-state index contributed by atoms with van der Waals surface area (Å²) < 4.78 is 5.89. The highest BCUT2D eigenvalue weighted by Gasteiger charge is 2.28. The van der Waals surface area contributed by atoms with Crippen LogP contribution in [-0.4, -0.2) is 12.6 Å². The predicted molar refractivity (Wildman–Crippen MR) is 67.3 cm³/mol. The largest absolute Gasteiger partial charge is 0.489 e. The van der Waals surface area contributed by atoms with Crippen LogP contribution in [0.2, 0.25) is 10.0 Å². The van der Waals surface area contributed by atoms with Crippen LogP contribution in [0.1, 0.15) is 19.3 Å². The molecule has 1 aromatic rings. The van der Waals surface area contributed by atoms with E-state index in [4.69, 9.17) is 33.7 Å². The molecule has 1 fully saturated rings. The molecule has 0 bridgehead atoms. The lowest BCUT2D eigenvalue weighted by Gasteiger charge is -2.20. The van der Waals surface area contributed by atoms with Crippen LogP contribution in [0.3, 0.4) is 0 Å². The summed E-state index contributed by atoms with van der Waals surface area (Å²) in [5.74, 6) is 1.16. The van der Waals surface area contributed by atoms with Crippen LogP contribution in [0.15, 0.2) is 18.2 Å². The molecule has 0 amide bonds. The maximum absolute atomic E-state index is 6.06. The van der Waals surface area contributed by atoms with Crippen LogP contribution in [0.25, 0.3) is 0 Å². The molecule has 1 aromatic carbocycles. The number of hydrogen-bond donors (Lipinski definition) is 1. The number of halogens is 2. The Morgan fingerprint density at radius 2 is 2.12 bits per heavy atom. The Morgan fingerprint density at radius 1 is 1.31 bits per heavy atom. The molecule has 2 nitrogen and oxygen atoms in total. The Hall–Kier alpha value is -0.440. The minimum atomic E-state index is 0.198. The zero-order valence-electron chi connectivity index (χ0n) is 8.96. The first-order valence-electron chi connectivity index (χ1n) is 5.52. The van der Waals surface area contributed by atoms with E-state index in [0.29, 0.717) is 28.3 Å². The number of benzene rings is 1. The second kappa shape index (κ2) is 5.26. The average Bonchev–Trinajstić information content (AvgIpc) is 2.69. The lowest BCUT2D eigenvalue weighted by molar-refractivity contribution is 0.162. The van der Waals surface area contributed by atoms with Crippen molar-refractivity contribution in [3.8, 4) is 5.75 Å². The fourth-order valence-corrected chi connectivity index (χ4v) is 2.61. The van der Waals surface area contributed by atoms with E-state index in [1.807, 2.05) is 6.07 Å².